The number of hydroxylamine groups is 2. The van der Waals surface area contributed by atoms with E-state index in [4.69, 9.17) is 0 Å². The fraction of sp³-hybridized carbons (Fsp3) is 0.474. The maximum absolute atomic E-state index is 12.2. The summed E-state index contributed by atoms with van der Waals surface area (Å²) in [5, 5.41) is 20.8. The van der Waals surface area contributed by atoms with E-state index in [1.807, 2.05) is 6.08 Å². The van der Waals surface area contributed by atoms with Crippen molar-refractivity contribution in [3.63, 3.8) is 0 Å². The van der Waals surface area contributed by atoms with Gasteiger partial charge in [-0.15, -0.1) is 0 Å². The van der Waals surface area contributed by atoms with Crippen LogP contribution < -0.4 is 0 Å². The number of amidine groups is 1. The van der Waals surface area contributed by atoms with Gasteiger partial charge in [-0.05, 0) is 57.5 Å². The fourth-order valence-electron chi connectivity index (χ4n) is 2.70. The number of hydrogen-bond acceptors (Lipinski definition) is 5. The molecule has 0 saturated heterocycles. The topological polar surface area (TPSA) is 73.1 Å². The van der Waals surface area contributed by atoms with Crippen molar-refractivity contribution in [1.82, 2.24) is 5.06 Å². The van der Waals surface area contributed by atoms with Crippen LogP contribution in [0.15, 0.2) is 22.0 Å². The maximum Gasteiger partial charge on any atom is 0.286 e. The average molecular weight is 362 g/mol. The summed E-state index contributed by atoms with van der Waals surface area (Å²) < 4.78 is 0. The zero-order chi connectivity index (χ0) is 19.2. The van der Waals surface area contributed by atoms with Gasteiger partial charge in [0.15, 0.2) is 5.17 Å². The highest BCUT2D eigenvalue weighted by molar-refractivity contribution is 8.18. The van der Waals surface area contributed by atoms with E-state index in [0.717, 1.165) is 33.5 Å². The van der Waals surface area contributed by atoms with E-state index in [-0.39, 0.29) is 27.7 Å². The van der Waals surface area contributed by atoms with Gasteiger partial charge in [-0.3, -0.25) is 10.0 Å². The molecule has 6 heteroatoms. The summed E-state index contributed by atoms with van der Waals surface area (Å²) in [6.07, 6.45) is 1.83. The van der Waals surface area contributed by atoms with Gasteiger partial charge in [0.25, 0.3) is 5.91 Å². The molecule has 5 nitrogen and oxygen atoms in total. The maximum atomic E-state index is 12.2. The molecule has 2 N–H and O–H groups in total. The van der Waals surface area contributed by atoms with Crippen molar-refractivity contribution in [2.45, 2.75) is 52.4 Å². The summed E-state index contributed by atoms with van der Waals surface area (Å²) in [6, 6.07) is 3.51. The molecule has 0 fully saturated rings. The first kappa shape index (κ1) is 19.5. The third kappa shape index (κ3) is 4.25. The summed E-state index contributed by atoms with van der Waals surface area (Å²) in [6.45, 7) is 12.4. The molecule has 25 heavy (non-hydrogen) atoms. The second-order valence-electron chi connectivity index (χ2n) is 8.29. The minimum Gasteiger partial charge on any atom is -0.508 e. The highest BCUT2D eigenvalue weighted by Crippen LogP contribution is 2.40. The molecule has 0 radical (unpaired) electrons. The number of nitrogens with zero attached hydrogens (tertiary/aromatic N) is 2. The summed E-state index contributed by atoms with van der Waals surface area (Å²) in [5.41, 5.74) is 2.42. The zero-order valence-corrected chi connectivity index (χ0v) is 16.7. The number of phenols is 1. The lowest BCUT2D eigenvalue weighted by atomic mass is 9.76. The number of carbonyl (C=O) groups is 1. The third-order valence-electron chi connectivity index (χ3n) is 3.94. The largest absolute Gasteiger partial charge is 0.508 e. The molecule has 1 aliphatic rings. The number of phenolic OH excluding ortho intramolecular Hbond substituents is 1. The van der Waals surface area contributed by atoms with Gasteiger partial charge in [-0.2, -0.15) is 4.99 Å². The van der Waals surface area contributed by atoms with Gasteiger partial charge >= 0.3 is 0 Å². The van der Waals surface area contributed by atoms with E-state index < -0.39 is 0 Å². The average Bonchev–Trinajstić information content (AvgIpc) is 2.79. The molecule has 0 spiro atoms. The van der Waals surface area contributed by atoms with Crippen LogP contribution in [0.25, 0.3) is 6.08 Å². The summed E-state index contributed by atoms with van der Waals surface area (Å²) >= 11 is 1.14. The van der Waals surface area contributed by atoms with E-state index in [0.29, 0.717) is 4.91 Å². The van der Waals surface area contributed by atoms with Gasteiger partial charge in [0.1, 0.15) is 5.75 Å². The first-order valence-corrected chi connectivity index (χ1v) is 8.95. The van der Waals surface area contributed by atoms with E-state index in [1.54, 1.807) is 12.1 Å². The number of aromatic hydroxyl groups is 1. The fourth-order valence-corrected chi connectivity index (χ4v) is 3.47. The van der Waals surface area contributed by atoms with Gasteiger partial charge in [0.2, 0.25) is 0 Å². The smallest absolute Gasteiger partial charge is 0.286 e. The Kier molecular flexibility index (Phi) is 5.08. The van der Waals surface area contributed by atoms with Gasteiger partial charge in [-0.25, -0.2) is 5.06 Å². The molecular weight excluding hydrogens is 336 g/mol. The Hall–Kier alpha value is -1.79. The van der Waals surface area contributed by atoms with Crippen LogP contribution in [0.5, 0.6) is 5.75 Å². The molecule has 2 rings (SSSR count). The van der Waals surface area contributed by atoms with Crippen LogP contribution in [0.2, 0.25) is 0 Å². The molecule has 0 atom stereocenters. The van der Waals surface area contributed by atoms with Crippen LogP contribution in [0, 0.1) is 0 Å². The van der Waals surface area contributed by atoms with Crippen molar-refractivity contribution >= 4 is 28.9 Å². The SMILES string of the molecule is CN(O)C1=NC(=O)/C(=C/c2c(C(C)(C)C)cc(O)cc2C(C)(C)C)S1. The van der Waals surface area contributed by atoms with Gasteiger partial charge in [-0.1, -0.05) is 41.5 Å². The van der Waals surface area contributed by atoms with Gasteiger partial charge in [0.05, 0.1) is 4.91 Å². The van der Waals surface area contributed by atoms with Crippen LogP contribution in [0.4, 0.5) is 0 Å². The monoisotopic (exact) mass is 362 g/mol. The number of hydrogen-bond donors (Lipinski definition) is 2. The second-order valence-corrected chi connectivity index (χ2v) is 9.30. The molecule has 1 aromatic carbocycles. The number of benzene rings is 1. The van der Waals surface area contributed by atoms with E-state index >= 15 is 0 Å². The normalized spacial score (nSPS) is 17.2. The van der Waals surface area contributed by atoms with Crippen molar-refractivity contribution < 1.29 is 15.1 Å². The Morgan fingerprint density at radius 1 is 1.08 bits per heavy atom. The van der Waals surface area contributed by atoms with Crippen molar-refractivity contribution in [1.29, 1.82) is 0 Å². The predicted octanol–water partition coefficient (Wildman–Crippen LogP) is 4.28. The molecule has 0 bridgehead atoms. The summed E-state index contributed by atoms with van der Waals surface area (Å²) in [5.74, 6) is -0.150. The summed E-state index contributed by atoms with van der Waals surface area (Å²) in [4.78, 5) is 16.5. The van der Waals surface area contributed by atoms with Crippen LogP contribution in [0.1, 0.15) is 58.2 Å². The molecule has 136 valence electrons. The van der Waals surface area contributed by atoms with Crippen molar-refractivity contribution in [3.8, 4) is 5.75 Å². The van der Waals surface area contributed by atoms with Crippen molar-refractivity contribution in [3.05, 3.63) is 33.7 Å². The van der Waals surface area contributed by atoms with E-state index in [1.165, 1.54) is 7.05 Å². The van der Waals surface area contributed by atoms with Crippen molar-refractivity contribution in [2.75, 3.05) is 7.05 Å². The molecule has 1 aliphatic heterocycles. The highest BCUT2D eigenvalue weighted by Gasteiger charge is 2.29. The zero-order valence-electron chi connectivity index (χ0n) is 15.8. The molecule has 0 aromatic heterocycles. The summed E-state index contributed by atoms with van der Waals surface area (Å²) in [7, 11) is 1.43. The first-order valence-electron chi connectivity index (χ1n) is 8.14. The number of aliphatic imine (C=N–C) groups is 1. The molecule has 1 aromatic rings. The van der Waals surface area contributed by atoms with Crippen LogP contribution in [0.3, 0.4) is 0 Å². The van der Waals surface area contributed by atoms with Crippen molar-refractivity contribution in [2.24, 2.45) is 4.99 Å². The third-order valence-corrected chi connectivity index (χ3v) is 4.99. The molecule has 0 unspecified atom stereocenters. The number of carbonyl (C=O) groups excluding carboxylic acids is 1. The molecule has 0 aliphatic carbocycles. The minimum atomic E-state index is -0.367. The first-order chi connectivity index (χ1) is 11.3. The molecule has 1 heterocycles. The Morgan fingerprint density at radius 2 is 1.56 bits per heavy atom. The number of rotatable bonds is 1. The molecule has 1 amide bonds. The molecule has 0 saturated carbocycles. The van der Waals surface area contributed by atoms with E-state index in [2.05, 4.69) is 46.5 Å². The minimum absolute atomic E-state index is 0.213. The lowest BCUT2D eigenvalue weighted by Crippen LogP contribution is -2.19. The Morgan fingerprint density at radius 3 is 1.92 bits per heavy atom. The van der Waals surface area contributed by atoms with Gasteiger partial charge in [0, 0.05) is 7.05 Å². The highest BCUT2D eigenvalue weighted by atomic mass is 32.2. The Labute approximate surface area is 153 Å². The van der Waals surface area contributed by atoms with E-state index in [9.17, 15) is 15.1 Å². The number of thioether (sulfide) groups is 1. The Balaban J connectivity index is 2.68. The predicted molar refractivity (Wildman–Crippen MR) is 103 cm³/mol. The molecular formula is C19H26N2O3S. The van der Waals surface area contributed by atoms with Crippen LogP contribution >= 0.6 is 11.8 Å². The lowest BCUT2D eigenvalue weighted by Gasteiger charge is -2.29. The number of amides is 1. The Bertz CT molecular complexity index is 731. The van der Waals surface area contributed by atoms with Crippen LogP contribution in [-0.4, -0.2) is 33.5 Å². The lowest BCUT2D eigenvalue weighted by molar-refractivity contribution is -0.113. The standard InChI is InChI=1S/C19H26N2O3S/c1-18(2,3)13-8-11(22)9-14(19(4,5)6)12(13)10-15-16(23)20-17(25-15)21(7)24/h8-10,22,24H,1-7H3/b15-10-. The second kappa shape index (κ2) is 6.50. The quantitative estimate of drug-likeness (QED) is 0.576. The van der Waals surface area contributed by atoms with Crippen LogP contribution in [-0.2, 0) is 15.6 Å². The van der Waals surface area contributed by atoms with Gasteiger partial charge < -0.3 is 5.11 Å².